The van der Waals surface area contributed by atoms with Crippen molar-refractivity contribution in [1.82, 2.24) is 9.97 Å². The van der Waals surface area contributed by atoms with Crippen LogP contribution in [-0.2, 0) is 6.42 Å². The van der Waals surface area contributed by atoms with E-state index in [-0.39, 0.29) is 0 Å². The molecular formula is C15H22N4O. The minimum atomic E-state index is 0.305. The summed E-state index contributed by atoms with van der Waals surface area (Å²) in [6.45, 7) is 7.88. The lowest BCUT2D eigenvalue weighted by Gasteiger charge is -2.12. The Morgan fingerprint density at radius 2 is 1.95 bits per heavy atom. The molecule has 0 aliphatic carbocycles. The summed E-state index contributed by atoms with van der Waals surface area (Å²) in [5.74, 6) is 3.85. The van der Waals surface area contributed by atoms with Crippen LogP contribution < -0.4 is 10.6 Å². The topological polar surface area (TPSA) is 63.0 Å². The Balaban J connectivity index is 2.01. The van der Waals surface area contributed by atoms with Crippen LogP contribution in [-0.4, -0.2) is 23.1 Å². The zero-order chi connectivity index (χ0) is 14.4. The zero-order valence-electron chi connectivity index (χ0n) is 12.3. The molecule has 2 rings (SSSR count). The van der Waals surface area contributed by atoms with Gasteiger partial charge in [0.1, 0.15) is 23.2 Å². The second kappa shape index (κ2) is 6.93. The normalized spacial score (nSPS) is 10.8. The molecule has 0 amide bonds. The number of nitrogens with one attached hydrogen (secondary N) is 2. The van der Waals surface area contributed by atoms with Gasteiger partial charge in [-0.3, -0.25) is 0 Å². The molecule has 0 aliphatic heterocycles. The van der Waals surface area contributed by atoms with Gasteiger partial charge in [0, 0.05) is 31.5 Å². The predicted molar refractivity (Wildman–Crippen MR) is 81.2 cm³/mol. The van der Waals surface area contributed by atoms with Gasteiger partial charge in [0.25, 0.3) is 0 Å². The summed E-state index contributed by atoms with van der Waals surface area (Å²) in [6, 6.07) is 5.82. The summed E-state index contributed by atoms with van der Waals surface area (Å²) < 4.78 is 5.31. The van der Waals surface area contributed by atoms with Crippen LogP contribution in [0.4, 0.5) is 11.6 Å². The molecule has 5 nitrogen and oxygen atoms in total. The van der Waals surface area contributed by atoms with Gasteiger partial charge in [-0.2, -0.15) is 0 Å². The molecular weight excluding hydrogens is 252 g/mol. The van der Waals surface area contributed by atoms with Gasteiger partial charge < -0.3 is 15.1 Å². The fraction of sp³-hybridized carbons (Fsp3) is 0.467. The molecule has 2 aromatic rings. The molecule has 0 aromatic carbocycles. The van der Waals surface area contributed by atoms with E-state index in [1.54, 1.807) is 6.26 Å². The summed E-state index contributed by atoms with van der Waals surface area (Å²) in [5.41, 5.74) is 0. The molecule has 0 bridgehead atoms. The quantitative estimate of drug-likeness (QED) is 0.811. The Hall–Kier alpha value is -2.04. The Morgan fingerprint density at radius 3 is 2.55 bits per heavy atom. The van der Waals surface area contributed by atoms with Gasteiger partial charge in [0.05, 0.1) is 6.26 Å². The van der Waals surface area contributed by atoms with Crippen LogP contribution in [0.25, 0.3) is 0 Å². The molecule has 0 saturated heterocycles. The van der Waals surface area contributed by atoms with Crippen LogP contribution in [0.1, 0.15) is 38.3 Å². The fourth-order valence-electron chi connectivity index (χ4n) is 1.85. The van der Waals surface area contributed by atoms with Crippen LogP contribution >= 0.6 is 0 Å². The standard InChI is InChI=1S/C15H22N4O/c1-4-16-13-10-14(19-15(18-13)11(2)3)17-8-7-12-6-5-9-20-12/h5-6,9-11H,4,7-8H2,1-3H3,(H2,16,17,18,19). The highest BCUT2D eigenvalue weighted by molar-refractivity contribution is 5.47. The van der Waals surface area contributed by atoms with Crippen LogP contribution in [0, 0.1) is 0 Å². The number of hydrogen-bond donors (Lipinski definition) is 2. The van der Waals surface area contributed by atoms with Crippen molar-refractivity contribution in [2.24, 2.45) is 0 Å². The number of aromatic nitrogens is 2. The molecule has 0 radical (unpaired) electrons. The molecule has 20 heavy (non-hydrogen) atoms. The van der Waals surface area contributed by atoms with E-state index in [1.807, 2.05) is 18.2 Å². The molecule has 0 aliphatic rings. The molecule has 0 atom stereocenters. The highest BCUT2D eigenvalue weighted by atomic mass is 16.3. The van der Waals surface area contributed by atoms with E-state index >= 15 is 0 Å². The molecule has 2 aromatic heterocycles. The highest BCUT2D eigenvalue weighted by Crippen LogP contribution is 2.17. The minimum absolute atomic E-state index is 0.305. The first-order valence-electron chi connectivity index (χ1n) is 7.08. The van der Waals surface area contributed by atoms with Gasteiger partial charge in [-0.1, -0.05) is 13.8 Å². The molecule has 108 valence electrons. The van der Waals surface area contributed by atoms with E-state index in [4.69, 9.17) is 4.42 Å². The average molecular weight is 274 g/mol. The summed E-state index contributed by atoms with van der Waals surface area (Å²) in [4.78, 5) is 9.04. The smallest absolute Gasteiger partial charge is 0.135 e. The Bertz CT molecular complexity index is 523. The zero-order valence-corrected chi connectivity index (χ0v) is 12.3. The summed E-state index contributed by atoms with van der Waals surface area (Å²) in [5, 5.41) is 6.56. The molecule has 5 heteroatoms. The highest BCUT2D eigenvalue weighted by Gasteiger charge is 2.07. The SMILES string of the molecule is CCNc1cc(NCCc2ccco2)nc(C(C)C)n1. The Labute approximate surface area is 119 Å². The van der Waals surface area contributed by atoms with Crippen LogP contribution in [0.5, 0.6) is 0 Å². The van der Waals surface area contributed by atoms with Crippen molar-refractivity contribution in [2.45, 2.75) is 33.1 Å². The number of hydrogen-bond acceptors (Lipinski definition) is 5. The molecule has 0 spiro atoms. The lowest BCUT2D eigenvalue weighted by Crippen LogP contribution is -2.10. The van der Waals surface area contributed by atoms with Crippen molar-refractivity contribution in [1.29, 1.82) is 0 Å². The van der Waals surface area contributed by atoms with E-state index in [1.165, 1.54) is 0 Å². The molecule has 0 fully saturated rings. The lowest BCUT2D eigenvalue weighted by atomic mass is 10.2. The van der Waals surface area contributed by atoms with Crippen molar-refractivity contribution in [3.63, 3.8) is 0 Å². The Morgan fingerprint density at radius 1 is 1.20 bits per heavy atom. The van der Waals surface area contributed by atoms with Crippen LogP contribution in [0.2, 0.25) is 0 Å². The maximum atomic E-state index is 5.31. The van der Waals surface area contributed by atoms with Crippen LogP contribution in [0.3, 0.4) is 0 Å². The number of nitrogens with zero attached hydrogens (tertiary/aromatic N) is 2. The lowest BCUT2D eigenvalue weighted by molar-refractivity contribution is 0.513. The average Bonchev–Trinajstić information content (AvgIpc) is 2.92. The number of rotatable bonds is 7. The third-order valence-corrected chi connectivity index (χ3v) is 2.88. The molecule has 0 unspecified atom stereocenters. The van der Waals surface area contributed by atoms with Crippen molar-refractivity contribution in [3.05, 3.63) is 36.0 Å². The largest absolute Gasteiger partial charge is 0.469 e. The monoisotopic (exact) mass is 274 g/mol. The molecule has 2 N–H and O–H groups in total. The predicted octanol–water partition coefficient (Wildman–Crippen LogP) is 3.28. The maximum Gasteiger partial charge on any atom is 0.135 e. The summed E-state index contributed by atoms with van der Waals surface area (Å²) >= 11 is 0. The van der Waals surface area contributed by atoms with Gasteiger partial charge in [0.15, 0.2) is 0 Å². The third-order valence-electron chi connectivity index (χ3n) is 2.88. The van der Waals surface area contributed by atoms with Gasteiger partial charge in [-0.15, -0.1) is 0 Å². The van der Waals surface area contributed by atoms with Gasteiger partial charge in [-0.25, -0.2) is 9.97 Å². The second-order valence-electron chi connectivity index (χ2n) is 4.94. The summed E-state index contributed by atoms with van der Waals surface area (Å²) in [7, 11) is 0. The summed E-state index contributed by atoms with van der Waals surface area (Å²) in [6.07, 6.45) is 2.53. The first-order valence-corrected chi connectivity index (χ1v) is 7.08. The van der Waals surface area contributed by atoms with E-state index in [2.05, 4.69) is 41.4 Å². The minimum Gasteiger partial charge on any atom is -0.469 e. The van der Waals surface area contributed by atoms with Crippen molar-refractivity contribution in [2.75, 3.05) is 23.7 Å². The number of anilines is 2. The first kappa shape index (κ1) is 14.4. The van der Waals surface area contributed by atoms with E-state index in [9.17, 15) is 0 Å². The van der Waals surface area contributed by atoms with Crippen molar-refractivity contribution >= 4 is 11.6 Å². The van der Waals surface area contributed by atoms with Crippen LogP contribution in [0.15, 0.2) is 28.9 Å². The first-order chi connectivity index (χ1) is 9.69. The van der Waals surface area contributed by atoms with Crippen molar-refractivity contribution < 1.29 is 4.42 Å². The van der Waals surface area contributed by atoms with E-state index < -0.39 is 0 Å². The van der Waals surface area contributed by atoms with E-state index in [0.29, 0.717) is 5.92 Å². The maximum absolute atomic E-state index is 5.31. The molecule has 0 saturated carbocycles. The van der Waals surface area contributed by atoms with Crippen molar-refractivity contribution in [3.8, 4) is 0 Å². The Kier molecular flexibility index (Phi) is 4.98. The second-order valence-corrected chi connectivity index (χ2v) is 4.94. The molecule has 2 heterocycles. The fourth-order valence-corrected chi connectivity index (χ4v) is 1.85. The number of furan rings is 1. The van der Waals surface area contributed by atoms with E-state index in [0.717, 1.165) is 42.7 Å². The third kappa shape index (κ3) is 3.98. The van der Waals surface area contributed by atoms with Gasteiger partial charge in [0.2, 0.25) is 0 Å². The van der Waals surface area contributed by atoms with Gasteiger partial charge >= 0.3 is 0 Å². The van der Waals surface area contributed by atoms with Gasteiger partial charge in [-0.05, 0) is 19.1 Å².